The lowest BCUT2D eigenvalue weighted by Crippen LogP contribution is -2.61. The molecule has 0 bridgehead atoms. The monoisotopic (exact) mass is 606 g/mol. The minimum Gasteiger partial charge on any atom is -0.322 e. The van der Waals surface area contributed by atoms with Crippen LogP contribution >= 0.6 is 0 Å². The molecule has 2 aromatic carbocycles. The fraction of sp³-hybridized carbons (Fsp3) is 0.350. The maximum absolute atomic E-state index is 14.4. The molecule has 0 spiro atoms. The molecule has 0 aromatic heterocycles. The number of benzene rings is 2. The van der Waals surface area contributed by atoms with Crippen LogP contribution in [-0.4, -0.2) is 41.4 Å². The molecule has 0 aliphatic heterocycles. The van der Waals surface area contributed by atoms with Crippen molar-refractivity contribution in [2.75, 3.05) is 5.32 Å². The molecule has 0 aliphatic rings. The molecule has 222 valence electrons. The molecular formula is C20H11F13N2O5. The predicted octanol–water partition coefficient (Wildman–Crippen LogP) is 7.21. The summed E-state index contributed by atoms with van der Waals surface area (Å²) < 4.78 is 176. The Morgan fingerprint density at radius 1 is 0.800 bits per heavy atom. The summed E-state index contributed by atoms with van der Waals surface area (Å²) in [6.07, 6.45) is -28.2. The van der Waals surface area contributed by atoms with E-state index in [0.717, 1.165) is 24.3 Å². The summed E-state index contributed by atoms with van der Waals surface area (Å²) in [6.45, 7) is 1.30. The Hall–Kier alpha value is -3.68. The molecule has 20 heteroatoms. The Kier molecular flexibility index (Phi) is 8.44. The average molecular weight is 606 g/mol. The summed E-state index contributed by atoms with van der Waals surface area (Å²) in [5.41, 5.74) is -3.71. The molecule has 0 heterocycles. The van der Waals surface area contributed by atoms with Gasteiger partial charge in [0.05, 0.1) is 4.92 Å². The minimum absolute atomic E-state index is 0.0184. The number of carbonyl (C=O) groups is 1. The van der Waals surface area contributed by atoms with Crippen LogP contribution in [0, 0.1) is 17.0 Å². The molecule has 1 N–H and O–H groups in total. The zero-order valence-corrected chi connectivity index (χ0v) is 18.9. The summed E-state index contributed by atoms with van der Waals surface area (Å²) in [7, 11) is 0. The van der Waals surface area contributed by atoms with E-state index in [-0.39, 0.29) is 17.7 Å². The first-order valence-corrected chi connectivity index (χ1v) is 9.88. The zero-order valence-electron chi connectivity index (χ0n) is 18.9. The summed E-state index contributed by atoms with van der Waals surface area (Å²) in [6, 6.07) is 4.23. The van der Waals surface area contributed by atoms with Gasteiger partial charge in [0.15, 0.2) is 0 Å². The van der Waals surface area contributed by atoms with Gasteiger partial charge in [-0.25, -0.2) is 9.47 Å². The highest BCUT2D eigenvalue weighted by atomic mass is 19.4. The lowest BCUT2D eigenvalue weighted by Gasteiger charge is -2.35. The van der Waals surface area contributed by atoms with Gasteiger partial charge in [0.2, 0.25) is 0 Å². The fourth-order valence-corrected chi connectivity index (χ4v) is 2.78. The molecule has 2 aromatic rings. The number of amides is 1. The smallest absolute Gasteiger partial charge is 0.322 e. The van der Waals surface area contributed by atoms with Crippen molar-refractivity contribution in [1.82, 2.24) is 0 Å². The van der Waals surface area contributed by atoms with Gasteiger partial charge in [-0.05, 0) is 25.1 Å². The second-order valence-electron chi connectivity index (χ2n) is 7.64. The first-order valence-electron chi connectivity index (χ1n) is 9.88. The third-order valence-corrected chi connectivity index (χ3v) is 4.75. The van der Waals surface area contributed by atoms with E-state index in [9.17, 15) is 72.0 Å². The number of hydrogen-bond donors (Lipinski definition) is 1. The average Bonchev–Trinajstić information content (AvgIpc) is 2.76. The molecule has 1 amide bonds. The number of nitro groups is 1. The highest BCUT2D eigenvalue weighted by Crippen LogP contribution is 2.54. The molecule has 0 aliphatic carbocycles. The molecule has 0 unspecified atom stereocenters. The van der Waals surface area contributed by atoms with Crippen molar-refractivity contribution in [2.45, 2.75) is 43.5 Å². The number of nitrogens with zero attached hydrogens (tertiary/aromatic N) is 1. The van der Waals surface area contributed by atoms with E-state index in [1.807, 2.05) is 10.1 Å². The second-order valence-corrected chi connectivity index (χ2v) is 7.64. The highest BCUT2D eigenvalue weighted by Gasteiger charge is 2.80. The second kappa shape index (κ2) is 10.4. The number of hydrogen-bond acceptors (Lipinski definition) is 5. The van der Waals surface area contributed by atoms with E-state index < -0.39 is 69.9 Å². The van der Waals surface area contributed by atoms with Gasteiger partial charge in [-0.2, -0.15) is 43.9 Å². The van der Waals surface area contributed by atoms with Crippen LogP contribution < -0.4 is 5.32 Å². The van der Waals surface area contributed by atoms with Crippen LogP contribution in [0.15, 0.2) is 42.5 Å². The molecule has 2 rings (SSSR count). The highest BCUT2D eigenvalue weighted by molar-refractivity contribution is 6.04. The number of rotatable bonds is 10. The van der Waals surface area contributed by atoms with Gasteiger partial charge in [-0.1, -0.05) is 18.2 Å². The van der Waals surface area contributed by atoms with Gasteiger partial charge in [-0.3, -0.25) is 14.9 Å². The number of halogens is 13. The number of anilines is 1. The molecule has 0 radical (unpaired) electrons. The SMILES string of the molecule is Cc1ccc(C(=O)Nc2cccc(C(F)(F)C(F)(F)OC(F)(F)C(F)(F)C(F)(F)OC(F)(F)F)c2)cc1[N+](=O)[O-]. The van der Waals surface area contributed by atoms with Crippen molar-refractivity contribution in [3.8, 4) is 0 Å². The van der Waals surface area contributed by atoms with Crippen LogP contribution in [0.5, 0.6) is 0 Å². The topological polar surface area (TPSA) is 90.7 Å². The van der Waals surface area contributed by atoms with Gasteiger partial charge in [-0.15, -0.1) is 13.2 Å². The van der Waals surface area contributed by atoms with E-state index in [1.165, 1.54) is 11.7 Å². The summed E-state index contributed by atoms with van der Waals surface area (Å²) in [5.74, 6) is -14.9. The molecule has 0 fully saturated rings. The number of nitrogens with one attached hydrogen (secondary N) is 1. The van der Waals surface area contributed by atoms with Crippen molar-refractivity contribution in [3.05, 3.63) is 69.3 Å². The van der Waals surface area contributed by atoms with Gasteiger partial charge in [0.1, 0.15) is 0 Å². The number of nitro benzene ring substituents is 1. The quantitative estimate of drug-likeness (QED) is 0.175. The first-order chi connectivity index (χ1) is 17.8. The Bertz CT molecular complexity index is 1280. The van der Waals surface area contributed by atoms with E-state index >= 15 is 0 Å². The number of carbonyl (C=O) groups excluding carboxylic acids is 1. The van der Waals surface area contributed by atoms with Crippen LogP contribution in [-0.2, 0) is 15.4 Å². The van der Waals surface area contributed by atoms with Crippen molar-refractivity contribution in [3.63, 3.8) is 0 Å². The number of alkyl halides is 13. The van der Waals surface area contributed by atoms with E-state index in [4.69, 9.17) is 0 Å². The molecule has 0 atom stereocenters. The van der Waals surface area contributed by atoms with Crippen LogP contribution in [0.3, 0.4) is 0 Å². The Labute approximate surface area is 212 Å². The predicted molar refractivity (Wildman–Crippen MR) is 104 cm³/mol. The third-order valence-electron chi connectivity index (χ3n) is 4.75. The van der Waals surface area contributed by atoms with Crippen LogP contribution in [0.2, 0.25) is 0 Å². The standard InChI is InChI=1S/C20H11F13N2O5/c1-9-5-6-10(7-13(9)35(37)38)14(36)34-12-4-2-3-11(8-12)15(21,22)17(25,26)39-18(27,28)16(23,24)19(29,30)40-20(31,32)33/h2-8H,1H3,(H,34,36). The third kappa shape index (κ3) is 6.54. The molecule has 0 saturated carbocycles. The molecule has 7 nitrogen and oxygen atoms in total. The Morgan fingerprint density at radius 2 is 1.35 bits per heavy atom. The van der Waals surface area contributed by atoms with Crippen LogP contribution in [0.25, 0.3) is 0 Å². The van der Waals surface area contributed by atoms with Gasteiger partial charge >= 0.3 is 36.5 Å². The van der Waals surface area contributed by atoms with Crippen molar-refractivity contribution >= 4 is 17.3 Å². The Balaban J connectivity index is 2.35. The van der Waals surface area contributed by atoms with E-state index in [0.29, 0.717) is 6.07 Å². The van der Waals surface area contributed by atoms with E-state index in [1.54, 1.807) is 0 Å². The summed E-state index contributed by atoms with van der Waals surface area (Å²) in [4.78, 5) is 22.4. The lowest BCUT2D eigenvalue weighted by atomic mass is 10.1. The molecular weight excluding hydrogens is 595 g/mol. The zero-order chi connectivity index (χ0) is 31.1. The van der Waals surface area contributed by atoms with Gasteiger partial charge in [0.25, 0.3) is 11.6 Å². The lowest BCUT2D eigenvalue weighted by molar-refractivity contribution is -0.535. The largest absolute Gasteiger partial charge is 0.527 e. The van der Waals surface area contributed by atoms with Crippen molar-refractivity contribution < 1.29 is 76.3 Å². The molecule has 40 heavy (non-hydrogen) atoms. The fourth-order valence-electron chi connectivity index (χ4n) is 2.78. The van der Waals surface area contributed by atoms with Crippen molar-refractivity contribution in [1.29, 1.82) is 0 Å². The first kappa shape index (κ1) is 32.5. The number of aryl methyl sites for hydroxylation is 1. The van der Waals surface area contributed by atoms with Crippen LogP contribution in [0.4, 0.5) is 68.5 Å². The summed E-state index contributed by atoms with van der Waals surface area (Å²) in [5, 5.41) is 12.8. The van der Waals surface area contributed by atoms with Gasteiger partial charge < -0.3 is 5.32 Å². The normalized spacial score (nSPS) is 13.8. The maximum Gasteiger partial charge on any atom is 0.527 e. The summed E-state index contributed by atoms with van der Waals surface area (Å²) >= 11 is 0. The molecule has 0 saturated heterocycles. The van der Waals surface area contributed by atoms with Gasteiger partial charge in [0, 0.05) is 28.4 Å². The number of ether oxygens (including phenoxy) is 2. The van der Waals surface area contributed by atoms with Crippen LogP contribution in [0.1, 0.15) is 21.5 Å². The van der Waals surface area contributed by atoms with Crippen molar-refractivity contribution in [2.24, 2.45) is 0 Å². The minimum atomic E-state index is -7.57. The maximum atomic E-state index is 14.4. The Morgan fingerprint density at radius 3 is 1.88 bits per heavy atom. The van der Waals surface area contributed by atoms with E-state index in [2.05, 4.69) is 0 Å².